The molecule has 1 aromatic carbocycles. The first-order chi connectivity index (χ1) is 6.09. The lowest BCUT2D eigenvalue weighted by Crippen LogP contribution is -2.02. The number of hydrogen-bond acceptors (Lipinski definition) is 1. The Kier molecular flexibility index (Phi) is 3.32. The molecule has 2 nitrogen and oxygen atoms in total. The third kappa shape index (κ3) is 3.07. The van der Waals surface area contributed by atoms with Crippen molar-refractivity contribution in [2.75, 3.05) is 0 Å². The van der Waals surface area contributed by atoms with Gasteiger partial charge in [-0.05, 0) is 23.6 Å². The molecule has 1 aromatic rings. The summed E-state index contributed by atoms with van der Waals surface area (Å²) in [7, 11) is 0. The number of carboxylic acid groups (broad SMARTS) is 1. The lowest BCUT2D eigenvalue weighted by molar-refractivity contribution is -0.137. The highest BCUT2D eigenvalue weighted by Crippen LogP contribution is 2.21. The smallest absolute Gasteiger partial charge is 0.303 e. The van der Waals surface area contributed by atoms with Crippen molar-refractivity contribution in [3.63, 3.8) is 0 Å². The Labute approximate surface area is 82.2 Å². The van der Waals surface area contributed by atoms with Gasteiger partial charge in [0.25, 0.3) is 0 Å². The minimum Gasteiger partial charge on any atom is -0.481 e. The largest absolute Gasteiger partial charge is 0.481 e. The molecule has 1 atom stereocenters. The zero-order valence-electron chi connectivity index (χ0n) is 7.33. The predicted octanol–water partition coefficient (Wildman–Crippen LogP) is 2.92. The number of carboxylic acids is 1. The third-order valence-electron chi connectivity index (χ3n) is 1.90. The minimum atomic E-state index is -0.785. The summed E-state index contributed by atoms with van der Waals surface area (Å²) >= 11 is 5.78. The minimum absolute atomic E-state index is 0.0104. The molecule has 0 saturated carbocycles. The second kappa shape index (κ2) is 4.28. The molecule has 0 saturated heterocycles. The van der Waals surface area contributed by atoms with E-state index in [9.17, 15) is 4.79 Å². The van der Waals surface area contributed by atoms with Crippen molar-refractivity contribution < 1.29 is 9.90 Å². The summed E-state index contributed by atoms with van der Waals surface area (Å²) in [5.41, 5.74) is 0.968. The lowest BCUT2D eigenvalue weighted by atomic mass is 9.98. The van der Waals surface area contributed by atoms with E-state index in [4.69, 9.17) is 16.7 Å². The summed E-state index contributed by atoms with van der Waals surface area (Å²) in [6, 6.07) is 7.29. The number of halogens is 1. The van der Waals surface area contributed by atoms with E-state index in [1.54, 1.807) is 12.1 Å². The maximum Gasteiger partial charge on any atom is 0.303 e. The normalized spacial score (nSPS) is 12.5. The quantitative estimate of drug-likeness (QED) is 0.811. The molecular formula is C10H11ClO2. The molecule has 1 N–H and O–H groups in total. The highest BCUT2D eigenvalue weighted by Gasteiger charge is 2.09. The van der Waals surface area contributed by atoms with Crippen LogP contribution in [0.2, 0.25) is 5.02 Å². The predicted molar refractivity (Wildman–Crippen MR) is 52.1 cm³/mol. The van der Waals surface area contributed by atoms with Crippen molar-refractivity contribution in [2.24, 2.45) is 0 Å². The first kappa shape index (κ1) is 10.1. The Balaban J connectivity index is 2.76. The van der Waals surface area contributed by atoms with Gasteiger partial charge in [0.15, 0.2) is 0 Å². The Morgan fingerprint density at radius 1 is 1.62 bits per heavy atom. The summed E-state index contributed by atoms with van der Waals surface area (Å²) in [4.78, 5) is 10.4. The molecule has 70 valence electrons. The molecule has 13 heavy (non-hydrogen) atoms. The zero-order chi connectivity index (χ0) is 9.84. The van der Waals surface area contributed by atoms with Crippen LogP contribution in [-0.2, 0) is 4.79 Å². The maximum absolute atomic E-state index is 10.4. The van der Waals surface area contributed by atoms with Gasteiger partial charge >= 0.3 is 5.97 Å². The van der Waals surface area contributed by atoms with Crippen molar-refractivity contribution >= 4 is 17.6 Å². The molecule has 0 spiro atoms. The van der Waals surface area contributed by atoms with E-state index >= 15 is 0 Å². The van der Waals surface area contributed by atoms with Crippen LogP contribution >= 0.6 is 11.6 Å². The van der Waals surface area contributed by atoms with Crippen LogP contribution in [0.3, 0.4) is 0 Å². The first-order valence-corrected chi connectivity index (χ1v) is 4.44. The van der Waals surface area contributed by atoms with E-state index in [1.807, 2.05) is 19.1 Å². The first-order valence-electron chi connectivity index (χ1n) is 4.07. The number of carbonyl (C=O) groups is 1. The van der Waals surface area contributed by atoms with E-state index in [-0.39, 0.29) is 12.3 Å². The van der Waals surface area contributed by atoms with Crippen LogP contribution in [0.5, 0.6) is 0 Å². The van der Waals surface area contributed by atoms with Gasteiger partial charge in [-0.2, -0.15) is 0 Å². The second-order valence-corrected chi connectivity index (χ2v) is 3.49. The van der Waals surface area contributed by atoms with Gasteiger partial charge in [0.05, 0.1) is 6.42 Å². The fourth-order valence-corrected chi connectivity index (χ4v) is 1.39. The molecule has 0 aliphatic rings. The van der Waals surface area contributed by atoms with E-state index in [1.165, 1.54) is 0 Å². The highest BCUT2D eigenvalue weighted by molar-refractivity contribution is 6.30. The zero-order valence-corrected chi connectivity index (χ0v) is 8.08. The summed E-state index contributed by atoms with van der Waals surface area (Å²) < 4.78 is 0. The summed E-state index contributed by atoms with van der Waals surface area (Å²) in [6.45, 7) is 1.87. The molecule has 3 heteroatoms. The van der Waals surface area contributed by atoms with Crippen LogP contribution in [-0.4, -0.2) is 11.1 Å². The van der Waals surface area contributed by atoms with Gasteiger partial charge in [0.1, 0.15) is 0 Å². The molecule has 0 aliphatic carbocycles. The number of benzene rings is 1. The molecule has 0 aromatic heterocycles. The average molecular weight is 199 g/mol. The van der Waals surface area contributed by atoms with Crippen molar-refractivity contribution in [3.8, 4) is 0 Å². The third-order valence-corrected chi connectivity index (χ3v) is 2.13. The molecule has 0 fully saturated rings. The van der Waals surface area contributed by atoms with Crippen LogP contribution in [0.4, 0.5) is 0 Å². The fraction of sp³-hybridized carbons (Fsp3) is 0.300. The molecule has 1 rings (SSSR count). The summed E-state index contributed by atoms with van der Waals surface area (Å²) in [5.74, 6) is -0.774. The molecule has 0 amide bonds. The highest BCUT2D eigenvalue weighted by atomic mass is 35.5. The summed E-state index contributed by atoms with van der Waals surface area (Å²) in [5, 5.41) is 9.23. The van der Waals surface area contributed by atoms with Gasteiger partial charge in [-0.3, -0.25) is 4.79 Å². The topological polar surface area (TPSA) is 37.3 Å². The van der Waals surface area contributed by atoms with Gasteiger partial charge in [0.2, 0.25) is 0 Å². The van der Waals surface area contributed by atoms with Crippen molar-refractivity contribution in [1.82, 2.24) is 0 Å². The Morgan fingerprint density at radius 2 is 2.31 bits per heavy atom. The van der Waals surface area contributed by atoms with Crippen molar-refractivity contribution in [3.05, 3.63) is 34.9 Å². The average Bonchev–Trinajstić information content (AvgIpc) is 2.03. The van der Waals surface area contributed by atoms with Gasteiger partial charge in [0, 0.05) is 5.02 Å². The van der Waals surface area contributed by atoms with Crippen molar-refractivity contribution in [1.29, 1.82) is 0 Å². The Bertz CT molecular complexity index is 310. The number of hydrogen-bond donors (Lipinski definition) is 1. The standard InChI is InChI=1S/C10H11ClO2/c1-7(5-10(12)13)8-3-2-4-9(11)6-8/h2-4,6-7H,5H2,1H3,(H,12,13)/t7-/m0/s1. The van der Waals surface area contributed by atoms with Crippen molar-refractivity contribution in [2.45, 2.75) is 19.3 Å². The van der Waals surface area contributed by atoms with E-state index in [2.05, 4.69) is 0 Å². The number of rotatable bonds is 3. The van der Waals surface area contributed by atoms with Gasteiger partial charge in [-0.15, -0.1) is 0 Å². The summed E-state index contributed by atoms with van der Waals surface area (Å²) in [6.07, 6.45) is 0.139. The van der Waals surface area contributed by atoms with E-state index < -0.39 is 5.97 Å². The molecular weight excluding hydrogens is 188 g/mol. The van der Waals surface area contributed by atoms with Crippen LogP contribution < -0.4 is 0 Å². The van der Waals surface area contributed by atoms with Gasteiger partial charge < -0.3 is 5.11 Å². The van der Waals surface area contributed by atoms with Crippen LogP contribution in [0.25, 0.3) is 0 Å². The van der Waals surface area contributed by atoms with Gasteiger partial charge in [-0.1, -0.05) is 30.7 Å². The van der Waals surface area contributed by atoms with E-state index in [0.717, 1.165) is 5.56 Å². The Morgan fingerprint density at radius 3 is 2.85 bits per heavy atom. The second-order valence-electron chi connectivity index (χ2n) is 3.05. The molecule has 0 heterocycles. The van der Waals surface area contributed by atoms with Crippen LogP contribution in [0, 0.1) is 0 Å². The van der Waals surface area contributed by atoms with E-state index in [0.29, 0.717) is 5.02 Å². The molecule has 0 unspecified atom stereocenters. The van der Waals surface area contributed by atoms with Gasteiger partial charge in [-0.25, -0.2) is 0 Å². The SMILES string of the molecule is C[C@@H](CC(=O)O)c1cccc(Cl)c1. The molecule has 0 aliphatic heterocycles. The Hall–Kier alpha value is -1.02. The maximum atomic E-state index is 10.4. The van der Waals surface area contributed by atoms with Crippen LogP contribution in [0.15, 0.2) is 24.3 Å². The number of aliphatic carboxylic acids is 1. The van der Waals surface area contributed by atoms with Crippen LogP contribution in [0.1, 0.15) is 24.8 Å². The molecule has 0 bridgehead atoms. The monoisotopic (exact) mass is 198 g/mol. The molecule has 0 radical (unpaired) electrons. The fourth-order valence-electron chi connectivity index (χ4n) is 1.19. The lowest BCUT2D eigenvalue weighted by Gasteiger charge is -2.08.